The average molecular weight is 130 g/mol. The van der Waals surface area contributed by atoms with Gasteiger partial charge in [0.05, 0.1) is 0 Å². The summed E-state index contributed by atoms with van der Waals surface area (Å²) in [5, 5.41) is 0. The number of hydrogen-bond donors (Lipinski definition) is 0. The molecule has 1 aromatic rings. The van der Waals surface area contributed by atoms with Gasteiger partial charge in [0.25, 0.3) is 0 Å². The summed E-state index contributed by atoms with van der Waals surface area (Å²) < 4.78 is 0. The van der Waals surface area contributed by atoms with Crippen LogP contribution in [0, 0.1) is 13.8 Å². The zero-order chi connectivity index (χ0) is 7.40. The molecule has 0 saturated heterocycles. The Labute approximate surface area is 62.2 Å². The Kier molecular flexibility index (Phi) is 2.27. The van der Waals surface area contributed by atoms with Gasteiger partial charge in [-0.15, -0.1) is 0 Å². The number of aryl methyl sites for hydroxylation is 1. The topological polar surface area (TPSA) is 0 Å². The maximum Gasteiger partial charge on any atom is -0.00922 e. The fourth-order valence-corrected chi connectivity index (χ4v) is 0.789. The van der Waals surface area contributed by atoms with Crippen LogP contribution in [-0.2, 0) is 0 Å². The maximum absolute atomic E-state index is 5.22. The van der Waals surface area contributed by atoms with Gasteiger partial charge in [-0.2, -0.15) is 0 Å². The van der Waals surface area contributed by atoms with Crippen LogP contribution in [0.4, 0.5) is 0 Å². The number of allylic oxidation sites excluding steroid dienone is 1. The van der Waals surface area contributed by atoms with Gasteiger partial charge in [-0.05, 0) is 19.4 Å². The summed E-state index contributed by atoms with van der Waals surface area (Å²) in [4.78, 5) is 0. The molecule has 0 spiro atoms. The molecule has 0 atom stereocenters. The lowest BCUT2D eigenvalue weighted by Gasteiger charge is -1.92. The summed E-state index contributed by atoms with van der Waals surface area (Å²) in [5.74, 6) is 0. The predicted molar refractivity (Wildman–Crippen MR) is 44.5 cm³/mol. The highest BCUT2D eigenvalue weighted by molar-refractivity contribution is 5.49. The molecule has 0 nitrogen and oxygen atoms in total. The second-order valence-corrected chi connectivity index (χ2v) is 2.27. The molecule has 0 heteroatoms. The molecule has 0 unspecified atom stereocenters. The third kappa shape index (κ3) is 1.73. The molecule has 1 rings (SSSR count). The smallest absolute Gasteiger partial charge is 0.00922 e. The molecule has 2 radical (unpaired) electrons. The van der Waals surface area contributed by atoms with Gasteiger partial charge in [0.2, 0.25) is 0 Å². The van der Waals surface area contributed by atoms with Crippen molar-refractivity contribution < 1.29 is 0 Å². The molecule has 10 heavy (non-hydrogen) atoms. The Morgan fingerprint density at radius 3 is 2.30 bits per heavy atom. The first-order valence-corrected chi connectivity index (χ1v) is 3.28. The Bertz CT molecular complexity index is 216. The van der Waals surface area contributed by atoms with Gasteiger partial charge in [-0.3, -0.25) is 0 Å². The van der Waals surface area contributed by atoms with Crippen LogP contribution >= 0.6 is 0 Å². The molecule has 0 aliphatic rings. The molecule has 50 valence electrons. The molecule has 0 aliphatic heterocycles. The minimum Gasteiger partial charge on any atom is -0.0796 e. The van der Waals surface area contributed by atoms with Gasteiger partial charge in [-0.1, -0.05) is 42.0 Å². The van der Waals surface area contributed by atoms with E-state index in [1.807, 2.05) is 18.2 Å². The molecule has 0 saturated carbocycles. The van der Waals surface area contributed by atoms with E-state index >= 15 is 0 Å². The normalized spacial score (nSPS) is 10.6. The minimum atomic E-state index is 1.15. The summed E-state index contributed by atoms with van der Waals surface area (Å²) in [7, 11) is 0. The van der Waals surface area contributed by atoms with Gasteiger partial charge >= 0.3 is 0 Å². The zero-order valence-corrected chi connectivity index (χ0v) is 6.04. The van der Waals surface area contributed by atoms with Crippen molar-refractivity contribution in [2.45, 2.75) is 6.92 Å². The van der Waals surface area contributed by atoms with E-state index in [1.165, 1.54) is 5.56 Å². The van der Waals surface area contributed by atoms with Crippen molar-refractivity contribution in [2.75, 3.05) is 0 Å². The number of benzene rings is 1. The van der Waals surface area contributed by atoms with Gasteiger partial charge in [0, 0.05) is 0 Å². The molecular formula is C10H10. The first-order valence-electron chi connectivity index (χ1n) is 3.28. The van der Waals surface area contributed by atoms with Crippen LogP contribution in [0.5, 0.6) is 0 Å². The van der Waals surface area contributed by atoms with Crippen LogP contribution in [0.3, 0.4) is 0 Å². The van der Waals surface area contributed by atoms with Crippen LogP contribution in [0.1, 0.15) is 11.1 Å². The van der Waals surface area contributed by atoms with E-state index in [9.17, 15) is 0 Å². The van der Waals surface area contributed by atoms with Crippen LogP contribution in [0.25, 0.3) is 6.08 Å². The summed E-state index contributed by atoms with van der Waals surface area (Å²) in [6, 6.07) is 8.21. The summed E-state index contributed by atoms with van der Waals surface area (Å²) in [6.07, 6.45) is 3.42. The van der Waals surface area contributed by atoms with Gasteiger partial charge in [0.1, 0.15) is 0 Å². The highest BCUT2D eigenvalue weighted by Gasteiger charge is 1.83. The molecular weight excluding hydrogens is 120 g/mol. The van der Waals surface area contributed by atoms with Gasteiger partial charge in [0.15, 0.2) is 0 Å². The van der Waals surface area contributed by atoms with Gasteiger partial charge in [-0.25, -0.2) is 0 Å². The van der Waals surface area contributed by atoms with Crippen LogP contribution < -0.4 is 0 Å². The van der Waals surface area contributed by atoms with Crippen molar-refractivity contribution in [1.29, 1.82) is 0 Å². The lowest BCUT2D eigenvalue weighted by Crippen LogP contribution is -1.72. The Balaban J connectivity index is 2.89. The maximum atomic E-state index is 5.22. The first kappa shape index (κ1) is 7.07. The first-order chi connectivity index (χ1) is 4.83. The summed E-state index contributed by atoms with van der Waals surface area (Å²) in [6.45, 7) is 7.28. The third-order valence-electron chi connectivity index (χ3n) is 1.37. The fraction of sp³-hybridized carbons (Fsp3) is 0.100. The van der Waals surface area contributed by atoms with Crippen LogP contribution in [0.2, 0.25) is 0 Å². The molecule has 0 amide bonds. The van der Waals surface area contributed by atoms with Gasteiger partial charge < -0.3 is 0 Å². The van der Waals surface area contributed by atoms with Crippen molar-refractivity contribution in [3.05, 3.63) is 48.4 Å². The second kappa shape index (κ2) is 3.21. The Morgan fingerprint density at radius 2 is 1.80 bits per heavy atom. The van der Waals surface area contributed by atoms with E-state index in [0.717, 1.165) is 5.56 Å². The molecule has 0 aliphatic carbocycles. The quantitative estimate of drug-likeness (QED) is 0.548. The molecule has 0 N–H and O–H groups in total. The zero-order valence-electron chi connectivity index (χ0n) is 6.04. The molecule has 0 bridgehead atoms. The average Bonchev–Trinajstić information content (AvgIpc) is 1.95. The van der Waals surface area contributed by atoms with E-state index in [2.05, 4.69) is 19.1 Å². The lowest BCUT2D eigenvalue weighted by molar-refractivity contribution is 1.46. The third-order valence-corrected chi connectivity index (χ3v) is 1.37. The molecule has 0 heterocycles. The minimum absolute atomic E-state index is 1.15. The van der Waals surface area contributed by atoms with Crippen LogP contribution in [-0.4, -0.2) is 0 Å². The highest BCUT2D eigenvalue weighted by Crippen LogP contribution is 2.03. The largest absolute Gasteiger partial charge is 0.0796 e. The van der Waals surface area contributed by atoms with Crippen molar-refractivity contribution in [3.8, 4) is 0 Å². The Hall–Kier alpha value is -1.04. The summed E-state index contributed by atoms with van der Waals surface area (Å²) >= 11 is 0. The van der Waals surface area contributed by atoms with Crippen molar-refractivity contribution in [2.24, 2.45) is 0 Å². The molecule has 0 aromatic heterocycles. The standard InChI is InChI=1S/C10H10/c1-3-4-10-7-5-9(2)6-8-10/h1,3-8H,2H3. The van der Waals surface area contributed by atoms with Crippen molar-refractivity contribution in [1.82, 2.24) is 0 Å². The van der Waals surface area contributed by atoms with E-state index in [-0.39, 0.29) is 0 Å². The van der Waals surface area contributed by atoms with E-state index in [0.29, 0.717) is 0 Å². The number of hydrogen-bond acceptors (Lipinski definition) is 0. The fourth-order valence-electron chi connectivity index (χ4n) is 0.789. The van der Waals surface area contributed by atoms with Crippen LogP contribution in [0.15, 0.2) is 30.3 Å². The van der Waals surface area contributed by atoms with E-state index < -0.39 is 0 Å². The predicted octanol–water partition coefficient (Wildman–Crippen LogP) is 2.72. The summed E-state index contributed by atoms with van der Waals surface area (Å²) in [5.41, 5.74) is 2.42. The molecule has 0 fully saturated rings. The van der Waals surface area contributed by atoms with E-state index in [1.54, 1.807) is 6.08 Å². The SMILES string of the molecule is [CH]C=Cc1ccc(C)cc1. The van der Waals surface area contributed by atoms with Crippen molar-refractivity contribution >= 4 is 6.08 Å². The lowest BCUT2D eigenvalue weighted by atomic mass is 10.1. The van der Waals surface area contributed by atoms with Crippen molar-refractivity contribution in [3.63, 3.8) is 0 Å². The number of rotatable bonds is 1. The molecule has 1 aromatic carbocycles. The Morgan fingerprint density at radius 1 is 1.20 bits per heavy atom. The monoisotopic (exact) mass is 130 g/mol. The second-order valence-electron chi connectivity index (χ2n) is 2.27. The highest BCUT2D eigenvalue weighted by atomic mass is 13.9. The van der Waals surface area contributed by atoms with E-state index in [4.69, 9.17) is 6.92 Å².